The van der Waals surface area contributed by atoms with Crippen LogP contribution in [0.25, 0.3) is 11.0 Å². The number of phenols is 1. The molecule has 0 amide bonds. The maximum absolute atomic E-state index is 10.9. The van der Waals surface area contributed by atoms with Crippen LogP contribution in [0.1, 0.15) is 31.7 Å². The minimum atomic E-state index is -0.506. The topological polar surface area (TPSA) is 81.2 Å². The van der Waals surface area contributed by atoms with Gasteiger partial charge in [0.2, 0.25) is 0 Å². The van der Waals surface area contributed by atoms with Crippen LogP contribution < -0.4 is 0 Å². The first-order valence-corrected chi connectivity index (χ1v) is 6.01. The van der Waals surface area contributed by atoms with Crippen molar-refractivity contribution < 1.29 is 10.0 Å². The number of aromatic hydroxyl groups is 1. The van der Waals surface area contributed by atoms with E-state index in [1.54, 1.807) is 12.4 Å². The first-order chi connectivity index (χ1) is 8.66. The van der Waals surface area contributed by atoms with E-state index in [4.69, 9.17) is 0 Å². The highest BCUT2D eigenvalue weighted by Crippen LogP contribution is 2.35. The zero-order valence-corrected chi connectivity index (χ0v) is 9.74. The van der Waals surface area contributed by atoms with Gasteiger partial charge in [-0.15, -0.1) is 0 Å². The average molecular weight is 247 g/mol. The Hall–Kier alpha value is -2.11. The van der Waals surface area contributed by atoms with Crippen molar-refractivity contribution in [3.63, 3.8) is 0 Å². The number of benzene rings is 1. The van der Waals surface area contributed by atoms with Gasteiger partial charge in [0, 0.05) is 12.1 Å². The number of aromatic nitrogens is 2. The average Bonchev–Trinajstić information content (AvgIpc) is 2.94. The van der Waals surface area contributed by atoms with E-state index in [1.807, 2.05) is 4.57 Å². The molecule has 3 rings (SSSR count). The summed E-state index contributed by atoms with van der Waals surface area (Å²) in [5, 5.41) is 20.5. The van der Waals surface area contributed by atoms with Crippen LogP contribution in [0.15, 0.2) is 18.5 Å². The number of non-ortho nitro benzene ring substituents is 1. The van der Waals surface area contributed by atoms with E-state index in [9.17, 15) is 15.2 Å². The molecule has 1 aromatic heterocycles. The molecule has 6 heteroatoms. The first kappa shape index (κ1) is 11.0. The summed E-state index contributed by atoms with van der Waals surface area (Å²) in [7, 11) is 0. The lowest BCUT2D eigenvalue weighted by atomic mass is 10.2. The lowest BCUT2D eigenvalue weighted by Gasteiger charge is -2.11. The molecular formula is C12H13N3O3. The van der Waals surface area contributed by atoms with Gasteiger partial charge in [0.05, 0.1) is 22.8 Å². The van der Waals surface area contributed by atoms with E-state index in [2.05, 4.69) is 4.98 Å². The molecule has 0 unspecified atom stereocenters. The molecule has 0 spiro atoms. The number of fused-ring (bicyclic) bond motifs is 1. The summed E-state index contributed by atoms with van der Waals surface area (Å²) in [6.45, 7) is 0. The van der Waals surface area contributed by atoms with Crippen molar-refractivity contribution in [2.45, 2.75) is 31.7 Å². The highest BCUT2D eigenvalue weighted by Gasteiger charge is 2.23. The third kappa shape index (κ3) is 1.61. The van der Waals surface area contributed by atoms with Gasteiger partial charge < -0.3 is 9.67 Å². The molecule has 94 valence electrons. The Labute approximate surface area is 103 Å². The van der Waals surface area contributed by atoms with Gasteiger partial charge in [0.1, 0.15) is 5.75 Å². The molecule has 1 N–H and O–H groups in total. The fourth-order valence-electron chi connectivity index (χ4n) is 2.71. The second-order valence-corrected chi connectivity index (χ2v) is 4.68. The summed E-state index contributed by atoms with van der Waals surface area (Å²) in [4.78, 5) is 14.6. The minimum absolute atomic E-state index is 0.0889. The SMILES string of the molecule is O=[N+]([O-])c1cc(O)cc2c1ncn2C1CCCC1. The maximum Gasteiger partial charge on any atom is 0.300 e. The molecule has 1 heterocycles. The van der Waals surface area contributed by atoms with Crippen molar-refractivity contribution in [3.8, 4) is 5.75 Å². The van der Waals surface area contributed by atoms with Crippen LogP contribution in [0.2, 0.25) is 0 Å². The van der Waals surface area contributed by atoms with Gasteiger partial charge in [0.25, 0.3) is 0 Å². The molecule has 1 aromatic carbocycles. The predicted molar refractivity (Wildman–Crippen MR) is 65.6 cm³/mol. The Morgan fingerprint density at radius 2 is 2.11 bits per heavy atom. The standard InChI is InChI=1S/C12H13N3O3/c16-9-5-10-12(11(6-9)15(17)18)13-7-14(10)8-3-1-2-4-8/h5-8,16H,1-4H2. The molecule has 2 aromatic rings. The van der Waals surface area contributed by atoms with Crippen LogP contribution in [0, 0.1) is 10.1 Å². The monoisotopic (exact) mass is 247 g/mol. The molecule has 0 bridgehead atoms. The minimum Gasteiger partial charge on any atom is -0.508 e. The van der Waals surface area contributed by atoms with Gasteiger partial charge in [-0.3, -0.25) is 10.1 Å². The van der Waals surface area contributed by atoms with Gasteiger partial charge >= 0.3 is 5.69 Å². The predicted octanol–water partition coefficient (Wildman–Crippen LogP) is 2.77. The van der Waals surface area contributed by atoms with E-state index in [1.165, 1.54) is 12.8 Å². The van der Waals surface area contributed by atoms with Crippen molar-refractivity contribution in [2.75, 3.05) is 0 Å². The van der Waals surface area contributed by atoms with E-state index >= 15 is 0 Å². The molecule has 1 aliphatic carbocycles. The van der Waals surface area contributed by atoms with Crippen LogP contribution >= 0.6 is 0 Å². The Morgan fingerprint density at radius 3 is 2.78 bits per heavy atom. The summed E-state index contributed by atoms with van der Waals surface area (Å²) in [5.74, 6) is -0.0889. The fourth-order valence-corrected chi connectivity index (χ4v) is 2.71. The molecular weight excluding hydrogens is 234 g/mol. The van der Waals surface area contributed by atoms with Crippen LogP contribution in [0.3, 0.4) is 0 Å². The van der Waals surface area contributed by atoms with Gasteiger partial charge in [-0.25, -0.2) is 4.98 Å². The molecule has 1 aliphatic rings. The Kier molecular flexibility index (Phi) is 2.43. The van der Waals surface area contributed by atoms with E-state index in [0.717, 1.165) is 18.9 Å². The van der Waals surface area contributed by atoms with E-state index in [-0.39, 0.29) is 11.4 Å². The smallest absolute Gasteiger partial charge is 0.300 e. The third-order valence-corrected chi connectivity index (χ3v) is 3.56. The number of nitro groups is 1. The molecule has 1 saturated carbocycles. The van der Waals surface area contributed by atoms with E-state index < -0.39 is 4.92 Å². The maximum atomic E-state index is 10.9. The number of hydrogen-bond acceptors (Lipinski definition) is 4. The van der Waals surface area contributed by atoms with Crippen LogP contribution in [0.5, 0.6) is 5.75 Å². The Morgan fingerprint density at radius 1 is 1.39 bits per heavy atom. The summed E-state index contributed by atoms with van der Waals surface area (Å²) in [6.07, 6.45) is 6.12. The quantitative estimate of drug-likeness (QED) is 0.653. The molecule has 0 aliphatic heterocycles. The zero-order valence-electron chi connectivity index (χ0n) is 9.74. The number of nitrogens with zero attached hydrogens (tertiary/aromatic N) is 3. The van der Waals surface area contributed by atoms with Gasteiger partial charge in [-0.05, 0) is 12.8 Å². The van der Waals surface area contributed by atoms with Gasteiger partial charge in [0.15, 0.2) is 5.52 Å². The van der Waals surface area contributed by atoms with Crippen LogP contribution in [-0.4, -0.2) is 19.6 Å². The number of nitro benzene ring substituents is 1. The molecule has 6 nitrogen and oxygen atoms in total. The number of phenolic OH excluding ortho intramolecular Hbond substituents is 1. The van der Waals surface area contributed by atoms with Crippen molar-refractivity contribution in [3.05, 3.63) is 28.6 Å². The van der Waals surface area contributed by atoms with Crippen molar-refractivity contribution in [1.29, 1.82) is 0 Å². The lowest BCUT2D eigenvalue weighted by molar-refractivity contribution is -0.383. The molecule has 0 saturated heterocycles. The highest BCUT2D eigenvalue weighted by atomic mass is 16.6. The zero-order chi connectivity index (χ0) is 12.7. The summed E-state index contributed by atoms with van der Waals surface area (Å²) in [6, 6.07) is 3.04. The second kappa shape index (κ2) is 3.97. The molecule has 0 atom stereocenters. The molecule has 18 heavy (non-hydrogen) atoms. The Balaban J connectivity index is 2.20. The van der Waals surface area contributed by atoms with Crippen LogP contribution in [-0.2, 0) is 0 Å². The van der Waals surface area contributed by atoms with E-state index in [0.29, 0.717) is 17.1 Å². The summed E-state index contributed by atoms with van der Waals surface area (Å²) >= 11 is 0. The summed E-state index contributed by atoms with van der Waals surface area (Å²) < 4.78 is 1.95. The lowest BCUT2D eigenvalue weighted by Crippen LogP contribution is -2.02. The largest absolute Gasteiger partial charge is 0.508 e. The number of imidazole rings is 1. The fraction of sp³-hybridized carbons (Fsp3) is 0.417. The molecule has 1 fully saturated rings. The van der Waals surface area contributed by atoms with Crippen LogP contribution in [0.4, 0.5) is 5.69 Å². The second-order valence-electron chi connectivity index (χ2n) is 4.68. The summed E-state index contributed by atoms with van der Waals surface area (Å²) in [5.41, 5.74) is 0.861. The van der Waals surface area contributed by atoms with Gasteiger partial charge in [-0.2, -0.15) is 0 Å². The van der Waals surface area contributed by atoms with Crippen molar-refractivity contribution in [1.82, 2.24) is 9.55 Å². The number of hydrogen-bond donors (Lipinski definition) is 1. The molecule has 0 radical (unpaired) electrons. The number of rotatable bonds is 2. The first-order valence-electron chi connectivity index (χ1n) is 6.01. The van der Waals surface area contributed by atoms with Crippen molar-refractivity contribution in [2.24, 2.45) is 0 Å². The highest BCUT2D eigenvalue weighted by molar-refractivity contribution is 5.86. The normalized spacial score (nSPS) is 16.4. The third-order valence-electron chi connectivity index (χ3n) is 3.56. The van der Waals surface area contributed by atoms with Gasteiger partial charge in [-0.1, -0.05) is 12.8 Å². The Bertz CT molecular complexity index is 614. The van der Waals surface area contributed by atoms with Crippen molar-refractivity contribution >= 4 is 16.7 Å².